The lowest BCUT2D eigenvalue weighted by atomic mass is 9.84. The largest absolute Gasteiger partial charge is 0.379 e. The van der Waals surface area contributed by atoms with E-state index in [4.69, 9.17) is 10.5 Å². The lowest BCUT2D eigenvalue weighted by molar-refractivity contribution is -0.140. The van der Waals surface area contributed by atoms with Gasteiger partial charge in [-0.15, -0.1) is 0 Å². The molecule has 1 rings (SSSR count). The van der Waals surface area contributed by atoms with Crippen LogP contribution in [0, 0.1) is 5.41 Å². The monoisotopic (exact) mass is 200 g/mol. The molecule has 4 nitrogen and oxygen atoms in total. The summed E-state index contributed by atoms with van der Waals surface area (Å²) in [6.45, 7) is 5.65. The van der Waals surface area contributed by atoms with Gasteiger partial charge in [0, 0.05) is 19.6 Å². The quantitative estimate of drug-likeness (QED) is 0.709. The van der Waals surface area contributed by atoms with Crippen LogP contribution < -0.4 is 5.73 Å². The Labute approximate surface area is 85.4 Å². The molecule has 0 aromatic rings. The third-order valence-electron chi connectivity index (χ3n) is 2.91. The molecule has 1 saturated heterocycles. The molecule has 2 N–H and O–H groups in total. The standard InChI is InChI=1S/C10H20N2O2/c1-4-5-12(3)9(13)10(2)7-14-6-8(10)11/h8H,4-7,11H2,1-3H3. The molecule has 1 amide bonds. The minimum absolute atomic E-state index is 0.101. The molecule has 2 unspecified atom stereocenters. The van der Waals surface area contributed by atoms with E-state index in [1.807, 2.05) is 14.0 Å². The Bertz CT molecular complexity index is 220. The maximum absolute atomic E-state index is 12.0. The van der Waals surface area contributed by atoms with Gasteiger partial charge in [-0.1, -0.05) is 6.92 Å². The first kappa shape index (κ1) is 11.5. The van der Waals surface area contributed by atoms with E-state index < -0.39 is 5.41 Å². The maximum Gasteiger partial charge on any atom is 0.232 e. The molecule has 0 spiro atoms. The topological polar surface area (TPSA) is 55.6 Å². The van der Waals surface area contributed by atoms with Crippen molar-refractivity contribution in [3.63, 3.8) is 0 Å². The normalized spacial score (nSPS) is 31.9. The molecule has 4 heteroatoms. The summed E-state index contributed by atoms with van der Waals surface area (Å²) in [6, 6.07) is -0.172. The smallest absolute Gasteiger partial charge is 0.232 e. The third-order valence-corrected chi connectivity index (χ3v) is 2.91. The van der Waals surface area contributed by atoms with E-state index in [2.05, 4.69) is 6.92 Å². The minimum Gasteiger partial charge on any atom is -0.379 e. The van der Waals surface area contributed by atoms with Gasteiger partial charge in [-0.05, 0) is 13.3 Å². The first-order valence-electron chi connectivity index (χ1n) is 5.11. The van der Waals surface area contributed by atoms with Crippen LogP contribution >= 0.6 is 0 Å². The first-order valence-corrected chi connectivity index (χ1v) is 5.11. The minimum atomic E-state index is -0.524. The average Bonchev–Trinajstić information content (AvgIpc) is 2.47. The second kappa shape index (κ2) is 4.28. The van der Waals surface area contributed by atoms with E-state index in [1.54, 1.807) is 4.90 Å². The highest BCUT2D eigenvalue weighted by Gasteiger charge is 2.45. The summed E-state index contributed by atoms with van der Waals surface area (Å²) < 4.78 is 5.25. The second-order valence-corrected chi connectivity index (χ2v) is 4.27. The number of hydrogen-bond donors (Lipinski definition) is 1. The van der Waals surface area contributed by atoms with Crippen LogP contribution in [-0.2, 0) is 9.53 Å². The first-order chi connectivity index (χ1) is 6.52. The van der Waals surface area contributed by atoms with E-state index in [0.717, 1.165) is 13.0 Å². The van der Waals surface area contributed by atoms with Gasteiger partial charge >= 0.3 is 0 Å². The van der Waals surface area contributed by atoms with Gasteiger partial charge < -0.3 is 15.4 Å². The van der Waals surface area contributed by atoms with Gasteiger partial charge in [0.2, 0.25) is 5.91 Å². The van der Waals surface area contributed by atoms with E-state index in [9.17, 15) is 4.79 Å². The number of ether oxygens (including phenoxy) is 1. The summed E-state index contributed by atoms with van der Waals surface area (Å²) >= 11 is 0. The van der Waals surface area contributed by atoms with Crippen molar-refractivity contribution in [2.24, 2.45) is 11.1 Å². The van der Waals surface area contributed by atoms with Gasteiger partial charge in [0.25, 0.3) is 0 Å². The predicted octanol–water partition coefficient (Wildman–Crippen LogP) is 0.219. The molecule has 1 fully saturated rings. The zero-order valence-corrected chi connectivity index (χ0v) is 9.25. The van der Waals surface area contributed by atoms with Crippen LogP contribution in [0.25, 0.3) is 0 Å². The van der Waals surface area contributed by atoms with Crippen LogP contribution in [0.15, 0.2) is 0 Å². The van der Waals surface area contributed by atoms with E-state index in [0.29, 0.717) is 13.2 Å². The predicted molar refractivity (Wildman–Crippen MR) is 54.8 cm³/mol. The molecule has 14 heavy (non-hydrogen) atoms. The number of carbonyl (C=O) groups is 1. The van der Waals surface area contributed by atoms with Crippen LogP contribution in [0.1, 0.15) is 20.3 Å². The molecule has 1 aliphatic heterocycles. The van der Waals surface area contributed by atoms with E-state index >= 15 is 0 Å². The van der Waals surface area contributed by atoms with Gasteiger partial charge in [0.15, 0.2) is 0 Å². The molecular formula is C10H20N2O2. The average molecular weight is 200 g/mol. The van der Waals surface area contributed by atoms with Crippen molar-refractivity contribution < 1.29 is 9.53 Å². The lowest BCUT2D eigenvalue weighted by Crippen LogP contribution is -2.50. The Morgan fingerprint density at radius 2 is 2.36 bits per heavy atom. The van der Waals surface area contributed by atoms with Crippen molar-refractivity contribution >= 4 is 5.91 Å². The number of carbonyl (C=O) groups excluding carboxylic acids is 1. The lowest BCUT2D eigenvalue weighted by Gasteiger charge is -2.30. The molecule has 0 aromatic heterocycles. The number of nitrogens with two attached hydrogens (primary N) is 1. The number of rotatable bonds is 3. The summed E-state index contributed by atoms with van der Waals surface area (Å²) in [5, 5.41) is 0. The summed E-state index contributed by atoms with van der Waals surface area (Å²) in [7, 11) is 1.82. The zero-order chi connectivity index (χ0) is 10.8. The molecule has 0 saturated carbocycles. The highest BCUT2D eigenvalue weighted by atomic mass is 16.5. The molecule has 2 atom stereocenters. The molecule has 0 radical (unpaired) electrons. The SMILES string of the molecule is CCCN(C)C(=O)C1(C)COCC1N. The van der Waals surface area contributed by atoms with Crippen LogP contribution in [0.3, 0.4) is 0 Å². The van der Waals surface area contributed by atoms with Gasteiger partial charge in [0.1, 0.15) is 0 Å². The Morgan fingerprint density at radius 3 is 2.79 bits per heavy atom. The maximum atomic E-state index is 12.0. The summed E-state index contributed by atoms with van der Waals surface area (Å²) in [5.41, 5.74) is 5.35. The van der Waals surface area contributed by atoms with Gasteiger partial charge in [-0.25, -0.2) is 0 Å². The molecule has 0 bridgehead atoms. The van der Waals surface area contributed by atoms with Crippen LogP contribution in [0.4, 0.5) is 0 Å². The van der Waals surface area contributed by atoms with Crippen molar-refractivity contribution in [1.82, 2.24) is 4.90 Å². The Morgan fingerprint density at radius 1 is 1.71 bits per heavy atom. The van der Waals surface area contributed by atoms with Crippen molar-refractivity contribution in [2.75, 3.05) is 26.8 Å². The molecule has 1 heterocycles. The fraction of sp³-hybridized carbons (Fsp3) is 0.900. The number of amides is 1. The second-order valence-electron chi connectivity index (χ2n) is 4.27. The van der Waals surface area contributed by atoms with Crippen molar-refractivity contribution in [3.05, 3.63) is 0 Å². The Hall–Kier alpha value is -0.610. The zero-order valence-electron chi connectivity index (χ0n) is 9.25. The fourth-order valence-electron chi connectivity index (χ4n) is 1.78. The fourth-order valence-corrected chi connectivity index (χ4v) is 1.78. The van der Waals surface area contributed by atoms with Crippen molar-refractivity contribution in [1.29, 1.82) is 0 Å². The van der Waals surface area contributed by atoms with Gasteiger partial charge in [0.05, 0.1) is 18.6 Å². The van der Waals surface area contributed by atoms with Crippen molar-refractivity contribution in [2.45, 2.75) is 26.3 Å². The van der Waals surface area contributed by atoms with Crippen LogP contribution in [-0.4, -0.2) is 43.7 Å². The van der Waals surface area contributed by atoms with Crippen LogP contribution in [0.5, 0.6) is 0 Å². The van der Waals surface area contributed by atoms with E-state index in [1.165, 1.54) is 0 Å². The third kappa shape index (κ3) is 1.91. The van der Waals surface area contributed by atoms with Gasteiger partial charge in [-0.3, -0.25) is 4.79 Å². The highest BCUT2D eigenvalue weighted by Crippen LogP contribution is 2.28. The molecule has 0 aromatic carbocycles. The molecule has 0 aliphatic carbocycles. The Kier molecular flexibility index (Phi) is 3.50. The molecule has 1 aliphatic rings. The summed E-state index contributed by atoms with van der Waals surface area (Å²) in [6.07, 6.45) is 0.967. The van der Waals surface area contributed by atoms with Gasteiger partial charge in [-0.2, -0.15) is 0 Å². The number of hydrogen-bond acceptors (Lipinski definition) is 3. The Balaban J connectivity index is 2.67. The van der Waals surface area contributed by atoms with E-state index in [-0.39, 0.29) is 11.9 Å². The number of nitrogens with zero attached hydrogens (tertiary/aromatic N) is 1. The van der Waals surface area contributed by atoms with Crippen molar-refractivity contribution in [3.8, 4) is 0 Å². The summed E-state index contributed by atoms with van der Waals surface area (Å²) in [5.74, 6) is 0.101. The summed E-state index contributed by atoms with van der Waals surface area (Å²) in [4.78, 5) is 13.8. The molecular weight excluding hydrogens is 180 g/mol. The molecule has 82 valence electrons. The van der Waals surface area contributed by atoms with Crippen LogP contribution in [0.2, 0.25) is 0 Å². The highest BCUT2D eigenvalue weighted by molar-refractivity contribution is 5.83.